The fraction of sp³-hybridized carbons (Fsp3) is 0.778. The maximum Gasteiger partial charge on any atom is 0.0939 e. The Labute approximate surface area is 72.0 Å². The van der Waals surface area contributed by atoms with Gasteiger partial charge >= 0.3 is 0 Å². The van der Waals surface area contributed by atoms with E-state index in [4.69, 9.17) is 9.47 Å². The lowest BCUT2D eigenvalue weighted by atomic mass is 9.72. The van der Waals surface area contributed by atoms with E-state index in [1.807, 2.05) is 0 Å². The third kappa shape index (κ3) is 1.13. The first-order valence-corrected chi connectivity index (χ1v) is 4.31. The Morgan fingerprint density at radius 3 is 2.92 bits per heavy atom. The molecular formula is C9H14O3. The van der Waals surface area contributed by atoms with Crippen molar-refractivity contribution < 1.29 is 14.6 Å². The molecule has 0 spiro atoms. The van der Waals surface area contributed by atoms with Crippen molar-refractivity contribution in [3.05, 3.63) is 11.8 Å². The number of aliphatic hydroxyl groups is 1. The Morgan fingerprint density at radius 2 is 2.42 bits per heavy atom. The molecule has 1 fully saturated rings. The van der Waals surface area contributed by atoms with Gasteiger partial charge in [-0.05, 0) is 5.57 Å². The Morgan fingerprint density at radius 1 is 1.67 bits per heavy atom. The van der Waals surface area contributed by atoms with Gasteiger partial charge in [0.2, 0.25) is 0 Å². The summed E-state index contributed by atoms with van der Waals surface area (Å²) in [5, 5.41) is 9.98. The molecule has 0 bridgehead atoms. The zero-order valence-electron chi connectivity index (χ0n) is 7.25. The fourth-order valence-corrected chi connectivity index (χ4v) is 1.85. The molecule has 0 saturated heterocycles. The summed E-state index contributed by atoms with van der Waals surface area (Å²) in [6.45, 7) is 0.718. The number of hydrogen-bond donors (Lipinski definition) is 1. The number of methoxy groups -OCH3 is 1. The van der Waals surface area contributed by atoms with Crippen molar-refractivity contribution in [3.8, 4) is 0 Å². The van der Waals surface area contributed by atoms with Crippen molar-refractivity contribution in [1.29, 1.82) is 0 Å². The second-order valence-corrected chi connectivity index (χ2v) is 3.56. The van der Waals surface area contributed by atoms with Crippen molar-refractivity contribution in [2.75, 3.05) is 13.7 Å². The summed E-state index contributed by atoms with van der Waals surface area (Å²) >= 11 is 0. The molecule has 2 aliphatic rings. The van der Waals surface area contributed by atoms with Crippen LogP contribution in [0.1, 0.15) is 19.3 Å². The number of hydrogen-bond acceptors (Lipinski definition) is 3. The largest absolute Gasteiger partial charge is 0.501 e. The summed E-state index contributed by atoms with van der Waals surface area (Å²) in [6.07, 6.45) is 4.24. The quantitative estimate of drug-likeness (QED) is 0.667. The number of rotatable bonds is 2. The Kier molecular flexibility index (Phi) is 1.85. The van der Waals surface area contributed by atoms with Gasteiger partial charge in [-0.1, -0.05) is 0 Å². The van der Waals surface area contributed by atoms with Crippen molar-refractivity contribution in [2.24, 2.45) is 0 Å². The minimum absolute atomic E-state index is 0.233. The predicted octanol–water partition coefficient (Wildman–Crippen LogP) is 0.831. The Bertz CT molecular complexity index is 204. The monoisotopic (exact) mass is 170 g/mol. The van der Waals surface area contributed by atoms with E-state index in [0.717, 1.165) is 31.4 Å². The van der Waals surface area contributed by atoms with Gasteiger partial charge in [-0.2, -0.15) is 0 Å². The highest BCUT2D eigenvalue weighted by Gasteiger charge is 2.46. The summed E-state index contributed by atoms with van der Waals surface area (Å²) in [6, 6.07) is 0. The molecule has 0 unspecified atom stereocenters. The molecular weight excluding hydrogens is 156 g/mol. The van der Waals surface area contributed by atoms with Gasteiger partial charge in [0.05, 0.1) is 24.6 Å². The van der Waals surface area contributed by atoms with Crippen LogP contribution in [-0.2, 0) is 9.47 Å². The van der Waals surface area contributed by atoms with Crippen LogP contribution in [0.5, 0.6) is 0 Å². The Hall–Kier alpha value is -0.540. The minimum atomic E-state index is -0.614. The van der Waals surface area contributed by atoms with Gasteiger partial charge in [-0.25, -0.2) is 0 Å². The van der Waals surface area contributed by atoms with E-state index in [-0.39, 0.29) is 6.10 Å². The van der Waals surface area contributed by atoms with Crippen LogP contribution in [0, 0.1) is 0 Å². The van der Waals surface area contributed by atoms with E-state index in [0.29, 0.717) is 0 Å². The van der Waals surface area contributed by atoms with E-state index >= 15 is 0 Å². The summed E-state index contributed by atoms with van der Waals surface area (Å²) in [7, 11) is 1.68. The third-order valence-corrected chi connectivity index (χ3v) is 2.78. The van der Waals surface area contributed by atoms with Crippen LogP contribution in [0.25, 0.3) is 0 Å². The molecule has 1 N–H and O–H groups in total. The van der Waals surface area contributed by atoms with Crippen LogP contribution in [0.15, 0.2) is 11.8 Å². The molecule has 0 aromatic carbocycles. The highest BCUT2D eigenvalue weighted by Crippen LogP contribution is 2.42. The first-order chi connectivity index (χ1) is 5.74. The maximum atomic E-state index is 9.98. The van der Waals surface area contributed by atoms with Gasteiger partial charge in [0.15, 0.2) is 0 Å². The lowest BCUT2D eigenvalue weighted by molar-refractivity contribution is -0.105. The molecule has 0 atom stereocenters. The summed E-state index contributed by atoms with van der Waals surface area (Å²) < 4.78 is 10.2. The lowest BCUT2D eigenvalue weighted by Crippen LogP contribution is -2.49. The van der Waals surface area contributed by atoms with Gasteiger partial charge in [0.1, 0.15) is 0 Å². The van der Waals surface area contributed by atoms with Gasteiger partial charge in [0, 0.05) is 26.4 Å². The molecule has 1 aliphatic carbocycles. The first-order valence-electron chi connectivity index (χ1n) is 4.31. The second kappa shape index (κ2) is 2.75. The highest BCUT2D eigenvalue weighted by molar-refractivity contribution is 5.22. The van der Waals surface area contributed by atoms with E-state index in [1.54, 1.807) is 13.4 Å². The molecule has 12 heavy (non-hydrogen) atoms. The van der Waals surface area contributed by atoms with Crippen LogP contribution in [0.2, 0.25) is 0 Å². The fourth-order valence-electron chi connectivity index (χ4n) is 1.85. The lowest BCUT2D eigenvalue weighted by Gasteiger charge is -2.43. The van der Waals surface area contributed by atoms with E-state index in [1.165, 1.54) is 0 Å². The van der Waals surface area contributed by atoms with Crippen molar-refractivity contribution in [2.45, 2.75) is 31.0 Å². The maximum absolute atomic E-state index is 9.98. The normalized spacial score (nSPS) is 40.2. The van der Waals surface area contributed by atoms with E-state index in [9.17, 15) is 5.11 Å². The predicted molar refractivity (Wildman–Crippen MR) is 43.6 cm³/mol. The molecule has 1 aliphatic heterocycles. The number of ether oxygens (including phenoxy) is 2. The van der Waals surface area contributed by atoms with Crippen LogP contribution in [-0.4, -0.2) is 30.5 Å². The van der Waals surface area contributed by atoms with Crippen LogP contribution in [0.3, 0.4) is 0 Å². The van der Waals surface area contributed by atoms with E-state index in [2.05, 4.69) is 0 Å². The smallest absolute Gasteiger partial charge is 0.0939 e. The molecule has 0 aromatic heterocycles. The summed E-state index contributed by atoms with van der Waals surface area (Å²) in [5.41, 5.74) is 0.424. The molecule has 1 heterocycles. The molecule has 3 nitrogen and oxygen atoms in total. The van der Waals surface area contributed by atoms with E-state index < -0.39 is 5.60 Å². The van der Waals surface area contributed by atoms with Crippen LogP contribution < -0.4 is 0 Å². The van der Waals surface area contributed by atoms with Gasteiger partial charge < -0.3 is 14.6 Å². The molecule has 0 aromatic rings. The minimum Gasteiger partial charge on any atom is -0.501 e. The van der Waals surface area contributed by atoms with Crippen LogP contribution in [0.4, 0.5) is 0 Å². The first kappa shape index (κ1) is 8.08. The van der Waals surface area contributed by atoms with Gasteiger partial charge in [0.25, 0.3) is 0 Å². The zero-order valence-corrected chi connectivity index (χ0v) is 7.25. The molecule has 1 saturated carbocycles. The zero-order chi connectivity index (χ0) is 8.60. The topological polar surface area (TPSA) is 38.7 Å². The molecule has 68 valence electrons. The van der Waals surface area contributed by atoms with Gasteiger partial charge in [-0.15, -0.1) is 0 Å². The molecule has 3 heteroatoms. The average Bonchev–Trinajstić information content (AvgIpc) is 2.50. The van der Waals surface area contributed by atoms with Crippen molar-refractivity contribution in [3.63, 3.8) is 0 Å². The van der Waals surface area contributed by atoms with Gasteiger partial charge in [-0.3, -0.25) is 0 Å². The molecule has 0 amide bonds. The third-order valence-electron chi connectivity index (χ3n) is 2.78. The Balaban J connectivity index is 1.96. The average molecular weight is 170 g/mol. The second-order valence-electron chi connectivity index (χ2n) is 3.56. The highest BCUT2D eigenvalue weighted by atomic mass is 16.5. The molecule has 0 radical (unpaired) electrons. The summed E-state index contributed by atoms with van der Waals surface area (Å²) in [4.78, 5) is 0. The standard InChI is InChI=1S/C9H14O3/c1-11-8-4-9(10,5-8)7-2-3-12-6-7/h6,8,10H,2-5H2,1H3. The van der Waals surface area contributed by atoms with Crippen molar-refractivity contribution >= 4 is 0 Å². The van der Waals surface area contributed by atoms with Crippen molar-refractivity contribution in [1.82, 2.24) is 0 Å². The summed E-state index contributed by atoms with van der Waals surface area (Å²) in [5.74, 6) is 0. The SMILES string of the molecule is COC1CC(O)(C2=COCC2)C1. The molecule has 2 rings (SSSR count). The van der Waals surface area contributed by atoms with Crippen LogP contribution >= 0.6 is 0 Å².